The lowest BCUT2D eigenvalue weighted by Crippen LogP contribution is -2.43. The molecule has 5 nitrogen and oxygen atoms in total. The average molecular weight is 284 g/mol. The molecule has 0 amide bonds. The van der Waals surface area contributed by atoms with Crippen LogP contribution in [-0.4, -0.2) is 37.9 Å². The number of alkyl halides is 1. The fourth-order valence-corrected chi connectivity index (χ4v) is 1.76. The Morgan fingerprint density at radius 1 is 1.38 bits per heavy atom. The summed E-state index contributed by atoms with van der Waals surface area (Å²) in [7, 11) is 2.02. The lowest BCUT2D eigenvalue weighted by atomic mass is 10.1. The third-order valence-electron chi connectivity index (χ3n) is 2.76. The second kappa shape index (κ2) is 4.01. The molecule has 0 aliphatic heterocycles. The van der Waals surface area contributed by atoms with E-state index >= 15 is 0 Å². The number of aromatic nitrogens is 4. The summed E-state index contributed by atoms with van der Waals surface area (Å²) in [5.74, 6) is 0.868. The van der Waals surface area contributed by atoms with Crippen LogP contribution in [0.4, 0.5) is 5.82 Å². The van der Waals surface area contributed by atoms with Crippen molar-refractivity contribution in [3.63, 3.8) is 0 Å². The Labute approximate surface area is 102 Å². The monoisotopic (exact) mass is 283 g/mol. The van der Waals surface area contributed by atoms with Gasteiger partial charge < -0.3 is 9.88 Å². The quantitative estimate of drug-likeness (QED) is 0.875. The van der Waals surface area contributed by atoms with Crippen molar-refractivity contribution in [1.29, 1.82) is 0 Å². The molecule has 0 radical (unpaired) electrons. The molecule has 1 N–H and O–H groups in total. The van der Waals surface area contributed by atoms with Crippen molar-refractivity contribution in [3.8, 4) is 0 Å². The number of H-pyrrole nitrogens is 1. The predicted molar refractivity (Wildman–Crippen MR) is 68.0 cm³/mol. The first-order chi connectivity index (χ1) is 7.56. The summed E-state index contributed by atoms with van der Waals surface area (Å²) in [4.78, 5) is 17.7. The Morgan fingerprint density at radius 3 is 2.81 bits per heavy atom. The molecule has 0 fully saturated rings. The van der Waals surface area contributed by atoms with Gasteiger partial charge in [-0.15, -0.1) is 0 Å². The molecule has 16 heavy (non-hydrogen) atoms. The highest BCUT2D eigenvalue weighted by Gasteiger charge is 2.25. The first kappa shape index (κ1) is 11.3. The van der Waals surface area contributed by atoms with Crippen molar-refractivity contribution >= 4 is 32.9 Å². The van der Waals surface area contributed by atoms with E-state index in [0.717, 1.165) is 16.7 Å². The van der Waals surface area contributed by atoms with Crippen LogP contribution in [0.5, 0.6) is 0 Å². The predicted octanol–water partition coefficient (Wildman–Crippen LogP) is 1.96. The molecule has 0 saturated heterocycles. The Balaban J connectivity index is 2.51. The SMILES string of the molecule is CN(c1ncnc2nc[nH]c12)C(C)(C)CBr. The highest BCUT2D eigenvalue weighted by molar-refractivity contribution is 9.09. The van der Waals surface area contributed by atoms with Crippen LogP contribution in [0.1, 0.15) is 13.8 Å². The molecule has 0 saturated carbocycles. The highest BCUT2D eigenvalue weighted by Crippen LogP contribution is 2.26. The van der Waals surface area contributed by atoms with E-state index in [9.17, 15) is 0 Å². The van der Waals surface area contributed by atoms with Gasteiger partial charge in [-0.2, -0.15) is 0 Å². The van der Waals surface area contributed by atoms with Gasteiger partial charge in [0.05, 0.1) is 6.33 Å². The summed E-state index contributed by atoms with van der Waals surface area (Å²) in [5, 5.41) is 0.857. The zero-order chi connectivity index (χ0) is 11.8. The fourth-order valence-electron chi connectivity index (χ4n) is 1.38. The molecule has 2 rings (SSSR count). The zero-order valence-corrected chi connectivity index (χ0v) is 11.1. The van der Waals surface area contributed by atoms with Gasteiger partial charge in [-0.3, -0.25) is 0 Å². The average Bonchev–Trinajstić information content (AvgIpc) is 2.75. The van der Waals surface area contributed by atoms with Gasteiger partial charge in [0, 0.05) is 17.9 Å². The van der Waals surface area contributed by atoms with Gasteiger partial charge in [-0.25, -0.2) is 15.0 Å². The largest absolute Gasteiger partial charge is 0.352 e. The van der Waals surface area contributed by atoms with E-state index in [0.29, 0.717) is 5.65 Å². The van der Waals surface area contributed by atoms with Gasteiger partial charge in [0.25, 0.3) is 0 Å². The van der Waals surface area contributed by atoms with Crippen LogP contribution in [0.25, 0.3) is 11.2 Å². The van der Waals surface area contributed by atoms with E-state index in [1.165, 1.54) is 0 Å². The molecule has 0 bridgehead atoms. The van der Waals surface area contributed by atoms with Crippen molar-refractivity contribution in [3.05, 3.63) is 12.7 Å². The van der Waals surface area contributed by atoms with Gasteiger partial charge in [0.15, 0.2) is 11.5 Å². The van der Waals surface area contributed by atoms with Crippen molar-refractivity contribution in [2.24, 2.45) is 0 Å². The molecule has 2 aromatic heterocycles. The summed E-state index contributed by atoms with van der Waals surface area (Å²) < 4.78 is 0. The lowest BCUT2D eigenvalue weighted by molar-refractivity contribution is 0.548. The fraction of sp³-hybridized carbons (Fsp3) is 0.500. The number of hydrogen-bond acceptors (Lipinski definition) is 4. The molecule has 0 aliphatic rings. The third kappa shape index (κ3) is 1.77. The minimum atomic E-state index is -0.0214. The summed E-state index contributed by atoms with van der Waals surface area (Å²) in [6.45, 7) is 4.29. The molecule has 0 spiro atoms. The van der Waals surface area contributed by atoms with Crippen molar-refractivity contribution in [2.75, 3.05) is 17.3 Å². The molecule has 6 heteroatoms. The van der Waals surface area contributed by atoms with Crippen LogP contribution >= 0.6 is 15.9 Å². The second-order valence-electron chi connectivity index (χ2n) is 4.30. The van der Waals surface area contributed by atoms with Crippen LogP contribution in [0, 0.1) is 0 Å². The summed E-state index contributed by atoms with van der Waals surface area (Å²) >= 11 is 3.51. The van der Waals surface area contributed by atoms with Gasteiger partial charge in [-0.1, -0.05) is 15.9 Å². The standard InChI is InChI=1S/C10H14BrN5/c1-10(2,4-11)16(3)9-7-8(13-5-12-7)14-6-15-9/h5-6H,4H2,1-3H3,(H,12,13,14,15). The van der Waals surface area contributed by atoms with Gasteiger partial charge >= 0.3 is 0 Å². The van der Waals surface area contributed by atoms with Crippen LogP contribution in [-0.2, 0) is 0 Å². The van der Waals surface area contributed by atoms with E-state index < -0.39 is 0 Å². The topological polar surface area (TPSA) is 57.7 Å². The number of imidazole rings is 1. The second-order valence-corrected chi connectivity index (χ2v) is 4.86. The van der Waals surface area contributed by atoms with Crippen LogP contribution in [0.3, 0.4) is 0 Å². The zero-order valence-electron chi connectivity index (χ0n) is 9.53. The van der Waals surface area contributed by atoms with E-state index in [1.807, 2.05) is 7.05 Å². The minimum Gasteiger partial charge on any atom is -0.352 e. The van der Waals surface area contributed by atoms with Gasteiger partial charge in [0.2, 0.25) is 0 Å². The first-order valence-electron chi connectivity index (χ1n) is 5.00. The van der Waals surface area contributed by atoms with Crippen molar-refractivity contribution in [2.45, 2.75) is 19.4 Å². The molecular formula is C10H14BrN5. The molecule has 0 aliphatic carbocycles. The Bertz CT molecular complexity index is 493. The smallest absolute Gasteiger partial charge is 0.182 e. The van der Waals surface area contributed by atoms with Crippen LogP contribution < -0.4 is 4.90 Å². The van der Waals surface area contributed by atoms with Crippen molar-refractivity contribution in [1.82, 2.24) is 19.9 Å². The van der Waals surface area contributed by atoms with Crippen LogP contribution in [0.2, 0.25) is 0 Å². The van der Waals surface area contributed by atoms with Crippen LogP contribution in [0.15, 0.2) is 12.7 Å². The molecule has 0 aromatic carbocycles. The maximum Gasteiger partial charge on any atom is 0.182 e. The van der Waals surface area contributed by atoms with Crippen molar-refractivity contribution < 1.29 is 0 Å². The Morgan fingerprint density at radius 2 is 2.12 bits per heavy atom. The third-order valence-corrected chi connectivity index (χ3v) is 4.13. The first-order valence-corrected chi connectivity index (χ1v) is 6.12. The number of nitrogens with one attached hydrogen (secondary N) is 1. The molecule has 2 heterocycles. The number of anilines is 1. The van der Waals surface area contributed by atoms with E-state index in [4.69, 9.17) is 0 Å². The lowest BCUT2D eigenvalue weighted by Gasteiger charge is -2.35. The van der Waals surface area contributed by atoms with E-state index in [2.05, 4.69) is 54.6 Å². The number of fused-ring (bicyclic) bond motifs is 1. The summed E-state index contributed by atoms with van der Waals surface area (Å²) in [6, 6.07) is 0. The maximum absolute atomic E-state index is 4.32. The number of halogens is 1. The molecule has 0 unspecified atom stereocenters. The van der Waals surface area contributed by atoms with E-state index in [-0.39, 0.29) is 5.54 Å². The number of nitrogens with zero attached hydrogens (tertiary/aromatic N) is 4. The Kier molecular flexibility index (Phi) is 2.84. The normalized spacial score (nSPS) is 12.0. The van der Waals surface area contributed by atoms with Gasteiger partial charge in [0.1, 0.15) is 11.8 Å². The summed E-state index contributed by atoms with van der Waals surface area (Å²) in [5.41, 5.74) is 1.55. The molecule has 0 atom stereocenters. The number of hydrogen-bond donors (Lipinski definition) is 1. The van der Waals surface area contributed by atoms with E-state index in [1.54, 1.807) is 12.7 Å². The van der Waals surface area contributed by atoms with Gasteiger partial charge in [-0.05, 0) is 13.8 Å². The maximum atomic E-state index is 4.32. The highest BCUT2D eigenvalue weighted by atomic mass is 79.9. The number of aromatic amines is 1. The minimum absolute atomic E-state index is 0.0214. The number of rotatable bonds is 3. The summed E-state index contributed by atoms with van der Waals surface area (Å²) in [6.07, 6.45) is 3.18. The molecule has 86 valence electrons. The molecular weight excluding hydrogens is 270 g/mol. The molecule has 2 aromatic rings. The Hall–Kier alpha value is -1.17.